The number of fused-ring (bicyclic) bond motifs is 1. The fourth-order valence-corrected chi connectivity index (χ4v) is 2.08. The van der Waals surface area contributed by atoms with Gasteiger partial charge in [0.05, 0.1) is 12.0 Å². The summed E-state index contributed by atoms with van der Waals surface area (Å²) >= 11 is 0. The first kappa shape index (κ1) is 14.8. The van der Waals surface area contributed by atoms with E-state index >= 15 is 0 Å². The third-order valence-corrected chi connectivity index (χ3v) is 2.98. The molecule has 0 aliphatic carbocycles. The van der Waals surface area contributed by atoms with Gasteiger partial charge in [-0.05, 0) is 26.0 Å². The lowest BCUT2D eigenvalue weighted by Gasteiger charge is -2.12. The molecule has 0 aliphatic rings. The van der Waals surface area contributed by atoms with Gasteiger partial charge in [0.1, 0.15) is 18.0 Å². The number of hydrogen-bond acceptors (Lipinski definition) is 4. The van der Waals surface area contributed by atoms with E-state index in [0.717, 1.165) is 10.2 Å². The number of benzene rings is 1. The van der Waals surface area contributed by atoms with Crippen LogP contribution in [-0.4, -0.2) is 27.5 Å². The van der Waals surface area contributed by atoms with E-state index in [1.54, 1.807) is 12.1 Å². The van der Waals surface area contributed by atoms with Crippen molar-refractivity contribution in [2.24, 2.45) is 0 Å². The highest BCUT2D eigenvalue weighted by atomic mass is 16.5. The molecule has 0 saturated heterocycles. The van der Waals surface area contributed by atoms with Gasteiger partial charge in [-0.1, -0.05) is 18.2 Å². The van der Waals surface area contributed by atoms with E-state index in [1.807, 2.05) is 19.9 Å². The van der Waals surface area contributed by atoms with Gasteiger partial charge in [0.15, 0.2) is 0 Å². The number of rotatable bonds is 5. The predicted octanol–water partition coefficient (Wildman–Crippen LogP) is 1.80. The number of aryl methyl sites for hydroxylation is 1. The van der Waals surface area contributed by atoms with Crippen LogP contribution in [0, 0.1) is 6.92 Å². The van der Waals surface area contributed by atoms with Crippen molar-refractivity contribution in [3.63, 3.8) is 0 Å². The lowest BCUT2D eigenvalue weighted by atomic mass is 10.1. The Bertz CT molecular complexity index is 777. The highest BCUT2D eigenvalue weighted by Crippen LogP contribution is 2.21. The topological polar surface area (TPSA) is 81.4 Å². The number of carboxylic acids is 1. The quantitative estimate of drug-likeness (QED) is 0.848. The molecule has 1 heterocycles. The molecule has 0 radical (unpaired) electrons. The first-order valence-electron chi connectivity index (χ1n) is 6.49. The molecule has 6 heteroatoms. The standard InChI is InChI=1S/C15H16N2O4/c1-4-21-10(3)14-12-7-9(2)5-6-11(12)15(20)17(16-14)8-13(18)19/h5-7H,3-4,8H2,1-2H3,(H,18,19). The Morgan fingerprint density at radius 2 is 2.14 bits per heavy atom. The van der Waals surface area contributed by atoms with E-state index in [1.165, 1.54) is 0 Å². The molecule has 1 aromatic carbocycles. The van der Waals surface area contributed by atoms with Gasteiger partial charge >= 0.3 is 5.97 Å². The van der Waals surface area contributed by atoms with E-state index in [9.17, 15) is 9.59 Å². The number of aliphatic carboxylic acids is 1. The maximum atomic E-state index is 12.3. The number of carboxylic acid groups (broad SMARTS) is 1. The molecule has 21 heavy (non-hydrogen) atoms. The van der Waals surface area contributed by atoms with Crippen LogP contribution in [0.1, 0.15) is 18.2 Å². The Labute approximate surface area is 121 Å². The second kappa shape index (κ2) is 5.78. The van der Waals surface area contributed by atoms with Crippen LogP contribution in [0.15, 0.2) is 29.6 Å². The normalized spacial score (nSPS) is 10.6. The van der Waals surface area contributed by atoms with Gasteiger partial charge in [0, 0.05) is 5.39 Å². The number of carbonyl (C=O) groups is 1. The molecule has 0 atom stereocenters. The van der Waals surface area contributed by atoms with E-state index in [0.29, 0.717) is 28.8 Å². The van der Waals surface area contributed by atoms with Crippen LogP contribution < -0.4 is 5.56 Å². The van der Waals surface area contributed by atoms with E-state index < -0.39 is 18.1 Å². The van der Waals surface area contributed by atoms with Crippen LogP contribution >= 0.6 is 0 Å². The second-order valence-corrected chi connectivity index (χ2v) is 4.61. The predicted molar refractivity (Wildman–Crippen MR) is 79.0 cm³/mol. The molecule has 1 N–H and O–H groups in total. The van der Waals surface area contributed by atoms with Crippen LogP contribution in [0.3, 0.4) is 0 Å². The van der Waals surface area contributed by atoms with Crippen molar-refractivity contribution in [2.75, 3.05) is 6.61 Å². The minimum atomic E-state index is -1.14. The summed E-state index contributed by atoms with van der Waals surface area (Å²) < 4.78 is 6.27. The number of nitrogens with zero attached hydrogens (tertiary/aromatic N) is 2. The number of ether oxygens (including phenoxy) is 1. The van der Waals surface area contributed by atoms with Gasteiger partial charge in [-0.25, -0.2) is 4.68 Å². The van der Waals surface area contributed by atoms with Crippen LogP contribution in [0.25, 0.3) is 16.5 Å². The van der Waals surface area contributed by atoms with E-state index in [2.05, 4.69) is 11.7 Å². The lowest BCUT2D eigenvalue weighted by Crippen LogP contribution is -2.28. The SMILES string of the molecule is C=C(OCC)c1nn(CC(=O)O)c(=O)c2ccc(C)cc12. The molecule has 110 valence electrons. The Kier molecular flexibility index (Phi) is 4.07. The molecule has 2 aromatic rings. The van der Waals surface area contributed by atoms with Crippen LogP contribution in [0.5, 0.6) is 0 Å². The zero-order valence-electron chi connectivity index (χ0n) is 11.9. The highest BCUT2D eigenvalue weighted by Gasteiger charge is 2.15. The average Bonchev–Trinajstić information content (AvgIpc) is 2.41. The summed E-state index contributed by atoms with van der Waals surface area (Å²) in [5, 5.41) is 14.0. The third kappa shape index (κ3) is 2.94. The van der Waals surface area contributed by atoms with Gasteiger partial charge < -0.3 is 9.84 Å². The number of hydrogen-bond donors (Lipinski definition) is 1. The minimum absolute atomic E-state index is 0.312. The van der Waals surface area contributed by atoms with Crippen molar-refractivity contribution in [3.05, 3.63) is 46.4 Å². The van der Waals surface area contributed by atoms with E-state index in [-0.39, 0.29) is 0 Å². The van der Waals surface area contributed by atoms with Crippen molar-refractivity contribution in [2.45, 2.75) is 20.4 Å². The Morgan fingerprint density at radius 3 is 2.76 bits per heavy atom. The summed E-state index contributed by atoms with van der Waals surface area (Å²) in [6, 6.07) is 5.27. The molecule has 6 nitrogen and oxygen atoms in total. The van der Waals surface area contributed by atoms with Gasteiger partial charge in [-0.2, -0.15) is 5.10 Å². The van der Waals surface area contributed by atoms with Crippen LogP contribution in [-0.2, 0) is 16.1 Å². The van der Waals surface area contributed by atoms with Crippen molar-refractivity contribution in [3.8, 4) is 0 Å². The van der Waals surface area contributed by atoms with Gasteiger partial charge in [-0.3, -0.25) is 9.59 Å². The average molecular weight is 288 g/mol. The minimum Gasteiger partial charge on any atom is -0.492 e. The molecule has 0 saturated carbocycles. The molecular formula is C15H16N2O4. The van der Waals surface area contributed by atoms with Crippen molar-refractivity contribution >= 4 is 22.5 Å². The monoisotopic (exact) mass is 288 g/mol. The molecule has 1 aromatic heterocycles. The largest absolute Gasteiger partial charge is 0.492 e. The molecule has 2 rings (SSSR count). The summed E-state index contributed by atoms with van der Waals surface area (Å²) in [4.78, 5) is 23.1. The molecular weight excluding hydrogens is 272 g/mol. The molecule has 0 unspecified atom stereocenters. The number of aromatic nitrogens is 2. The Balaban J connectivity index is 2.77. The molecule has 0 fully saturated rings. The fourth-order valence-electron chi connectivity index (χ4n) is 2.08. The zero-order chi connectivity index (χ0) is 15.6. The first-order valence-corrected chi connectivity index (χ1v) is 6.49. The fraction of sp³-hybridized carbons (Fsp3) is 0.267. The second-order valence-electron chi connectivity index (χ2n) is 4.61. The summed E-state index contributed by atoms with van der Waals surface area (Å²) in [5.74, 6) is -0.823. The van der Waals surface area contributed by atoms with Gasteiger partial charge in [0.25, 0.3) is 5.56 Å². The smallest absolute Gasteiger partial charge is 0.325 e. The molecule has 0 spiro atoms. The Morgan fingerprint density at radius 1 is 1.43 bits per heavy atom. The van der Waals surface area contributed by atoms with E-state index in [4.69, 9.17) is 9.84 Å². The van der Waals surface area contributed by atoms with Crippen molar-refractivity contribution < 1.29 is 14.6 Å². The van der Waals surface area contributed by atoms with Crippen LogP contribution in [0.2, 0.25) is 0 Å². The highest BCUT2D eigenvalue weighted by molar-refractivity contribution is 5.90. The maximum Gasteiger partial charge on any atom is 0.325 e. The van der Waals surface area contributed by atoms with Crippen LogP contribution in [0.4, 0.5) is 0 Å². The van der Waals surface area contributed by atoms with Gasteiger partial charge in [-0.15, -0.1) is 0 Å². The molecule has 0 aliphatic heterocycles. The molecule has 0 bridgehead atoms. The Hall–Kier alpha value is -2.63. The summed E-state index contributed by atoms with van der Waals surface area (Å²) in [6.45, 7) is 7.41. The first-order chi connectivity index (χ1) is 9.93. The lowest BCUT2D eigenvalue weighted by molar-refractivity contribution is -0.138. The third-order valence-electron chi connectivity index (χ3n) is 2.98. The van der Waals surface area contributed by atoms with Crippen molar-refractivity contribution in [1.82, 2.24) is 9.78 Å². The molecule has 0 amide bonds. The summed E-state index contributed by atoms with van der Waals surface area (Å²) in [7, 11) is 0. The van der Waals surface area contributed by atoms with Gasteiger partial charge in [0.2, 0.25) is 0 Å². The summed E-state index contributed by atoms with van der Waals surface area (Å²) in [5.41, 5.74) is 0.905. The van der Waals surface area contributed by atoms with Crippen molar-refractivity contribution in [1.29, 1.82) is 0 Å². The summed E-state index contributed by atoms with van der Waals surface area (Å²) in [6.07, 6.45) is 0. The zero-order valence-corrected chi connectivity index (χ0v) is 11.9. The maximum absolute atomic E-state index is 12.3.